The number of aliphatic hydroxyl groups excluding tert-OH is 1. The van der Waals surface area contributed by atoms with E-state index >= 15 is 0 Å². The smallest absolute Gasteiger partial charge is 0.298 e. The molecule has 0 aliphatic heterocycles. The van der Waals surface area contributed by atoms with E-state index in [2.05, 4.69) is 0 Å². The van der Waals surface area contributed by atoms with E-state index in [-0.39, 0.29) is 5.56 Å². The number of alkyl halides is 2. The molecule has 0 spiro atoms. The first-order valence-electron chi connectivity index (χ1n) is 3.83. The molecule has 0 radical (unpaired) electrons. The Kier molecular flexibility index (Phi) is 2.80. The van der Waals surface area contributed by atoms with Gasteiger partial charge < -0.3 is 5.11 Å². The van der Waals surface area contributed by atoms with E-state index in [0.717, 1.165) is 6.07 Å². The van der Waals surface area contributed by atoms with E-state index in [0.29, 0.717) is 6.07 Å². The first kappa shape index (κ1) is 11.0. The maximum atomic E-state index is 13.1. The van der Waals surface area contributed by atoms with Gasteiger partial charge in [-0.1, -0.05) is 0 Å². The van der Waals surface area contributed by atoms with E-state index in [1.807, 2.05) is 0 Å². The number of benzene rings is 1. The molecule has 0 saturated carbocycles. The fourth-order valence-electron chi connectivity index (χ4n) is 1.08. The second-order valence-corrected chi connectivity index (χ2v) is 2.95. The highest BCUT2D eigenvalue weighted by Crippen LogP contribution is 2.31. The van der Waals surface area contributed by atoms with Crippen LogP contribution in [-0.4, -0.2) is 11.7 Å². The molecule has 78 valence electrons. The van der Waals surface area contributed by atoms with Gasteiger partial charge in [-0.15, -0.1) is 0 Å². The van der Waals surface area contributed by atoms with Gasteiger partial charge in [-0.3, -0.25) is 0 Å². The number of aryl methyl sites for hydroxylation is 1. The fraction of sp³-hybridized carbons (Fsp3) is 0.333. The SMILES string of the molecule is Cc1cc(F)cc(C(F)(F)CO)c1F. The quantitative estimate of drug-likeness (QED) is 0.739. The lowest BCUT2D eigenvalue weighted by atomic mass is 10.0. The summed E-state index contributed by atoms with van der Waals surface area (Å²) in [6, 6.07) is 1.20. The predicted octanol–water partition coefficient (Wildman–Crippen LogP) is 2.36. The average molecular weight is 208 g/mol. The first-order valence-corrected chi connectivity index (χ1v) is 3.83. The zero-order valence-corrected chi connectivity index (χ0v) is 7.32. The molecule has 1 N–H and O–H groups in total. The Morgan fingerprint density at radius 2 is 1.86 bits per heavy atom. The van der Waals surface area contributed by atoms with Crippen LogP contribution in [0.4, 0.5) is 17.6 Å². The minimum atomic E-state index is -3.75. The van der Waals surface area contributed by atoms with Gasteiger partial charge in [0.15, 0.2) is 0 Å². The molecule has 0 saturated heterocycles. The average Bonchev–Trinajstić information content (AvgIpc) is 2.11. The molecule has 1 aromatic rings. The molecular weight excluding hydrogens is 200 g/mol. The maximum absolute atomic E-state index is 13.1. The van der Waals surface area contributed by atoms with Crippen molar-refractivity contribution in [3.8, 4) is 0 Å². The first-order chi connectivity index (χ1) is 6.38. The largest absolute Gasteiger partial charge is 0.390 e. The summed E-state index contributed by atoms with van der Waals surface area (Å²) in [5.74, 6) is -5.89. The number of rotatable bonds is 2. The van der Waals surface area contributed by atoms with Gasteiger partial charge in [0.1, 0.15) is 18.2 Å². The third-order valence-electron chi connectivity index (χ3n) is 1.81. The van der Waals surface area contributed by atoms with Crippen LogP contribution in [0.25, 0.3) is 0 Å². The summed E-state index contributed by atoms with van der Waals surface area (Å²) in [6.45, 7) is -0.373. The summed E-state index contributed by atoms with van der Waals surface area (Å²) in [6.07, 6.45) is 0. The summed E-state index contributed by atoms with van der Waals surface area (Å²) >= 11 is 0. The molecule has 1 aromatic carbocycles. The maximum Gasteiger partial charge on any atom is 0.298 e. The molecule has 0 aliphatic rings. The zero-order chi connectivity index (χ0) is 10.9. The minimum absolute atomic E-state index is 0.215. The predicted molar refractivity (Wildman–Crippen MR) is 42.1 cm³/mol. The lowest BCUT2D eigenvalue weighted by molar-refractivity contribution is -0.0585. The van der Waals surface area contributed by atoms with Crippen molar-refractivity contribution in [1.29, 1.82) is 0 Å². The van der Waals surface area contributed by atoms with Crippen molar-refractivity contribution in [2.24, 2.45) is 0 Å². The third kappa shape index (κ3) is 1.87. The summed E-state index contributed by atoms with van der Waals surface area (Å²) < 4.78 is 51.5. The van der Waals surface area contributed by atoms with Gasteiger partial charge in [0.2, 0.25) is 0 Å². The van der Waals surface area contributed by atoms with Crippen LogP contribution in [0.2, 0.25) is 0 Å². The monoisotopic (exact) mass is 208 g/mol. The molecule has 0 aromatic heterocycles. The van der Waals surface area contributed by atoms with Crippen LogP contribution in [-0.2, 0) is 5.92 Å². The molecule has 5 heteroatoms. The normalized spacial score (nSPS) is 11.9. The molecule has 1 rings (SSSR count). The van der Waals surface area contributed by atoms with Crippen molar-refractivity contribution in [3.05, 3.63) is 34.9 Å². The topological polar surface area (TPSA) is 20.2 Å². The standard InChI is InChI=1S/C9H8F4O/c1-5-2-6(10)3-7(8(5)11)9(12,13)4-14/h2-3,14H,4H2,1H3. The Balaban J connectivity index is 3.34. The van der Waals surface area contributed by atoms with Crippen molar-refractivity contribution in [3.63, 3.8) is 0 Å². The van der Waals surface area contributed by atoms with Gasteiger partial charge >= 0.3 is 0 Å². The molecule has 0 unspecified atom stereocenters. The molecule has 0 fully saturated rings. The highest BCUT2D eigenvalue weighted by atomic mass is 19.3. The van der Waals surface area contributed by atoms with Gasteiger partial charge in [0.25, 0.3) is 5.92 Å². The van der Waals surface area contributed by atoms with Crippen molar-refractivity contribution in [2.45, 2.75) is 12.8 Å². The van der Waals surface area contributed by atoms with Gasteiger partial charge in [-0.25, -0.2) is 8.78 Å². The number of aliphatic hydroxyl groups is 1. The van der Waals surface area contributed by atoms with Crippen LogP contribution >= 0.6 is 0 Å². The van der Waals surface area contributed by atoms with Crippen LogP contribution in [0.15, 0.2) is 12.1 Å². The molecule has 0 amide bonds. The van der Waals surface area contributed by atoms with Gasteiger partial charge in [-0.05, 0) is 24.6 Å². The molecule has 0 atom stereocenters. The van der Waals surface area contributed by atoms with Crippen molar-refractivity contribution < 1.29 is 22.7 Å². The molecule has 14 heavy (non-hydrogen) atoms. The van der Waals surface area contributed by atoms with E-state index in [4.69, 9.17) is 5.11 Å². The second-order valence-electron chi connectivity index (χ2n) is 2.95. The minimum Gasteiger partial charge on any atom is -0.390 e. The number of hydrogen-bond donors (Lipinski definition) is 1. The number of halogens is 4. The van der Waals surface area contributed by atoms with E-state index in [1.54, 1.807) is 0 Å². The van der Waals surface area contributed by atoms with Crippen LogP contribution in [0.5, 0.6) is 0 Å². The molecule has 0 aliphatic carbocycles. The van der Waals surface area contributed by atoms with Gasteiger partial charge in [0.05, 0.1) is 5.56 Å². The highest BCUT2D eigenvalue weighted by molar-refractivity contribution is 5.29. The Labute approximate surface area is 78.0 Å². The molecular formula is C9H8F4O. The molecule has 0 bridgehead atoms. The van der Waals surface area contributed by atoms with Crippen LogP contribution in [0.1, 0.15) is 11.1 Å². The van der Waals surface area contributed by atoms with E-state index in [1.165, 1.54) is 6.92 Å². The second kappa shape index (κ2) is 3.57. The van der Waals surface area contributed by atoms with Gasteiger partial charge in [-0.2, -0.15) is 8.78 Å². The zero-order valence-electron chi connectivity index (χ0n) is 7.32. The van der Waals surface area contributed by atoms with Crippen molar-refractivity contribution >= 4 is 0 Å². The van der Waals surface area contributed by atoms with Crippen molar-refractivity contribution in [2.75, 3.05) is 6.61 Å². The summed E-state index contributed by atoms with van der Waals surface area (Å²) in [4.78, 5) is 0. The Morgan fingerprint density at radius 1 is 1.29 bits per heavy atom. The highest BCUT2D eigenvalue weighted by Gasteiger charge is 2.34. The lowest BCUT2D eigenvalue weighted by Gasteiger charge is -2.15. The fourth-order valence-corrected chi connectivity index (χ4v) is 1.08. The van der Waals surface area contributed by atoms with Crippen LogP contribution < -0.4 is 0 Å². The van der Waals surface area contributed by atoms with Crippen LogP contribution in [0.3, 0.4) is 0 Å². The summed E-state index contributed by atoms with van der Waals surface area (Å²) in [5, 5.41) is 8.31. The molecule has 1 nitrogen and oxygen atoms in total. The Bertz CT molecular complexity index is 349. The van der Waals surface area contributed by atoms with Gasteiger partial charge in [0, 0.05) is 0 Å². The van der Waals surface area contributed by atoms with Crippen molar-refractivity contribution in [1.82, 2.24) is 0 Å². The Morgan fingerprint density at radius 3 is 2.36 bits per heavy atom. The molecule has 0 heterocycles. The third-order valence-corrected chi connectivity index (χ3v) is 1.81. The summed E-state index contributed by atoms with van der Waals surface area (Å²) in [5.41, 5.74) is -1.33. The number of hydrogen-bond acceptors (Lipinski definition) is 1. The summed E-state index contributed by atoms with van der Waals surface area (Å²) in [7, 11) is 0. The van der Waals surface area contributed by atoms with E-state index < -0.39 is 29.7 Å². The Hall–Kier alpha value is -1.10. The lowest BCUT2D eigenvalue weighted by Crippen LogP contribution is -2.21. The van der Waals surface area contributed by atoms with Crippen LogP contribution in [0, 0.1) is 18.6 Å². The van der Waals surface area contributed by atoms with E-state index in [9.17, 15) is 17.6 Å².